The normalized spacial score (nSPS) is 16.5. The van der Waals surface area contributed by atoms with Gasteiger partial charge in [0.25, 0.3) is 5.91 Å². The van der Waals surface area contributed by atoms with Crippen molar-refractivity contribution in [3.63, 3.8) is 0 Å². The van der Waals surface area contributed by atoms with Crippen LogP contribution in [0.2, 0.25) is 5.02 Å². The van der Waals surface area contributed by atoms with Crippen LogP contribution in [-0.2, 0) is 16.2 Å². The molecule has 3 rings (SSSR count). The Morgan fingerprint density at radius 1 is 1.11 bits per heavy atom. The van der Waals surface area contributed by atoms with Gasteiger partial charge in [-0.2, -0.15) is 28.8 Å². The van der Waals surface area contributed by atoms with E-state index in [0.29, 0.717) is 11.6 Å². The minimum absolute atomic E-state index is 0.00217. The number of carbonyl (C=O) groups is 1. The summed E-state index contributed by atoms with van der Waals surface area (Å²) in [6.45, 7) is 0.325. The van der Waals surface area contributed by atoms with Gasteiger partial charge in [0, 0.05) is 31.6 Å². The molecule has 0 saturated carbocycles. The molecule has 1 amide bonds. The zero-order valence-electron chi connectivity index (χ0n) is 13.7. The van der Waals surface area contributed by atoms with E-state index in [9.17, 15) is 26.4 Å². The molecule has 2 heterocycles. The lowest BCUT2D eigenvalue weighted by Gasteiger charge is -2.34. The summed E-state index contributed by atoms with van der Waals surface area (Å²) in [5, 5.41) is 2.91. The lowest BCUT2D eigenvalue weighted by atomic mass is 10.2. The Hall–Kier alpha value is -1.62. The zero-order valence-corrected chi connectivity index (χ0v) is 16.1. The van der Waals surface area contributed by atoms with Crippen LogP contribution in [0.5, 0.6) is 0 Å². The average Bonchev–Trinajstić information content (AvgIpc) is 3.15. The van der Waals surface area contributed by atoms with Gasteiger partial charge in [0.2, 0.25) is 10.0 Å². The molecule has 27 heavy (non-hydrogen) atoms. The molecule has 11 heteroatoms. The monoisotopic (exact) mass is 438 g/mol. The second-order valence-corrected chi connectivity index (χ2v) is 8.97. The molecule has 0 N–H and O–H groups in total. The summed E-state index contributed by atoms with van der Waals surface area (Å²) in [5.41, 5.74) is -0.666. The molecule has 5 nitrogen and oxygen atoms in total. The summed E-state index contributed by atoms with van der Waals surface area (Å²) in [6.07, 6.45) is -4.76. The van der Waals surface area contributed by atoms with Crippen LogP contribution in [0, 0.1) is 0 Å². The molecule has 146 valence electrons. The van der Waals surface area contributed by atoms with Crippen LogP contribution in [0.15, 0.2) is 39.9 Å². The number of rotatable bonds is 3. The van der Waals surface area contributed by atoms with E-state index in [2.05, 4.69) is 0 Å². The number of alkyl halides is 3. The number of halogens is 4. The van der Waals surface area contributed by atoms with E-state index in [-0.39, 0.29) is 32.1 Å². The van der Waals surface area contributed by atoms with Gasteiger partial charge in [-0.3, -0.25) is 4.79 Å². The first-order valence-corrected chi connectivity index (χ1v) is 10.5. The Labute approximate surface area is 163 Å². The van der Waals surface area contributed by atoms with Gasteiger partial charge in [0.1, 0.15) is 0 Å². The highest BCUT2D eigenvalue weighted by atomic mass is 35.5. The van der Waals surface area contributed by atoms with Gasteiger partial charge in [-0.25, -0.2) is 8.42 Å². The van der Waals surface area contributed by atoms with E-state index in [0.717, 1.165) is 16.4 Å². The number of carbonyl (C=O) groups excluding carboxylic acids is 1. The molecule has 0 radical (unpaired) electrons. The Morgan fingerprint density at radius 2 is 1.78 bits per heavy atom. The number of hydrogen-bond acceptors (Lipinski definition) is 4. The van der Waals surface area contributed by atoms with Crippen molar-refractivity contribution >= 4 is 38.9 Å². The number of thiophene rings is 1. The first-order chi connectivity index (χ1) is 12.6. The van der Waals surface area contributed by atoms with Gasteiger partial charge < -0.3 is 4.90 Å². The molecule has 1 aliphatic heterocycles. The second-order valence-electron chi connectivity index (χ2n) is 5.85. The van der Waals surface area contributed by atoms with Gasteiger partial charge in [-0.15, -0.1) is 0 Å². The van der Waals surface area contributed by atoms with Crippen molar-refractivity contribution in [3.8, 4) is 0 Å². The van der Waals surface area contributed by atoms with Gasteiger partial charge in [-0.1, -0.05) is 11.6 Å². The smallest absolute Gasteiger partial charge is 0.336 e. The molecule has 0 aliphatic carbocycles. The molecule has 0 atom stereocenters. The van der Waals surface area contributed by atoms with Crippen LogP contribution in [-0.4, -0.2) is 49.7 Å². The van der Waals surface area contributed by atoms with Crippen molar-refractivity contribution < 1.29 is 26.4 Å². The van der Waals surface area contributed by atoms with E-state index in [1.807, 2.05) is 0 Å². The van der Waals surface area contributed by atoms with Crippen molar-refractivity contribution in [1.29, 1.82) is 0 Å². The molecule has 1 fully saturated rings. The van der Waals surface area contributed by atoms with Gasteiger partial charge in [0.15, 0.2) is 0 Å². The van der Waals surface area contributed by atoms with E-state index >= 15 is 0 Å². The van der Waals surface area contributed by atoms with Crippen LogP contribution in [0.3, 0.4) is 0 Å². The van der Waals surface area contributed by atoms with Crippen LogP contribution >= 0.6 is 22.9 Å². The number of benzene rings is 1. The second kappa shape index (κ2) is 7.42. The Morgan fingerprint density at radius 3 is 2.33 bits per heavy atom. The average molecular weight is 439 g/mol. The Balaban J connectivity index is 1.77. The quantitative estimate of drug-likeness (QED) is 0.736. The molecule has 1 aliphatic rings. The highest BCUT2D eigenvalue weighted by molar-refractivity contribution is 7.89. The highest BCUT2D eigenvalue weighted by Crippen LogP contribution is 2.36. The number of amides is 1. The van der Waals surface area contributed by atoms with E-state index in [1.165, 1.54) is 16.2 Å². The fraction of sp³-hybridized carbons (Fsp3) is 0.312. The van der Waals surface area contributed by atoms with Crippen LogP contribution < -0.4 is 0 Å². The maximum absolute atomic E-state index is 13.0. The predicted molar refractivity (Wildman–Crippen MR) is 95.4 cm³/mol. The minimum atomic E-state index is -4.76. The fourth-order valence-electron chi connectivity index (χ4n) is 2.73. The molecule has 0 unspecified atom stereocenters. The predicted octanol–water partition coefficient (Wildman–Crippen LogP) is 3.57. The molecule has 1 aromatic heterocycles. The molecule has 2 aromatic rings. The van der Waals surface area contributed by atoms with Crippen LogP contribution in [0.25, 0.3) is 0 Å². The van der Waals surface area contributed by atoms with E-state index < -0.39 is 31.7 Å². The van der Waals surface area contributed by atoms with Crippen molar-refractivity contribution in [1.82, 2.24) is 9.21 Å². The van der Waals surface area contributed by atoms with Gasteiger partial charge in [-0.05, 0) is 29.6 Å². The Bertz CT molecular complexity index is 938. The zero-order chi connectivity index (χ0) is 19.8. The van der Waals surface area contributed by atoms with Crippen LogP contribution in [0.4, 0.5) is 13.2 Å². The van der Waals surface area contributed by atoms with Crippen LogP contribution in [0.1, 0.15) is 15.9 Å². The largest absolute Gasteiger partial charge is 0.417 e. The molecule has 0 spiro atoms. The summed E-state index contributed by atoms with van der Waals surface area (Å²) < 4.78 is 65.5. The highest BCUT2D eigenvalue weighted by Gasteiger charge is 2.36. The number of nitrogens with zero attached hydrogens (tertiary/aromatic N) is 2. The molecular weight excluding hydrogens is 425 g/mol. The molecule has 0 bridgehead atoms. The van der Waals surface area contributed by atoms with Crippen molar-refractivity contribution in [3.05, 3.63) is 51.2 Å². The maximum atomic E-state index is 13.0. The lowest BCUT2D eigenvalue weighted by molar-refractivity contribution is -0.137. The van der Waals surface area contributed by atoms with Crippen molar-refractivity contribution in [2.75, 3.05) is 26.2 Å². The van der Waals surface area contributed by atoms with Gasteiger partial charge >= 0.3 is 6.18 Å². The third-order valence-corrected chi connectivity index (χ3v) is 7.08. The van der Waals surface area contributed by atoms with E-state index in [1.54, 1.807) is 16.8 Å². The maximum Gasteiger partial charge on any atom is 0.417 e. The van der Waals surface area contributed by atoms with Gasteiger partial charge in [0.05, 0.1) is 21.0 Å². The summed E-state index contributed by atoms with van der Waals surface area (Å²) in [5.74, 6) is -0.195. The van der Waals surface area contributed by atoms with Crippen molar-refractivity contribution in [2.45, 2.75) is 11.1 Å². The fourth-order valence-corrected chi connectivity index (χ4v) is 5.03. The summed E-state index contributed by atoms with van der Waals surface area (Å²) in [7, 11) is -4.13. The molecule has 1 aromatic carbocycles. The lowest BCUT2D eigenvalue weighted by Crippen LogP contribution is -2.50. The topological polar surface area (TPSA) is 57.7 Å². The first-order valence-electron chi connectivity index (χ1n) is 7.79. The third-order valence-electron chi connectivity index (χ3n) is 4.17. The van der Waals surface area contributed by atoms with E-state index in [4.69, 9.17) is 11.6 Å². The summed E-state index contributed by atoms with van der Waals surface area (Å²) in [4.78, 5) is 13.4. The van der Waals surface area contributed by atoms with Crippen molar-refractivity contribution in [2.24, 2.45) is 0 Å². The molecular formula is C16H14ClF3N2O3S2. The first kappa shape index (κ1) is 20.1. The molecule has 1 saturated heterocycles. The standard InChI is InChI=1S/C16H14ClF3N2O3S2/c17-14-2-1-12(9-13(14)16(18,19)20)27(24,25)22-6-4-21(5-7-22)15(23)11-3-8-26-10-11/h1-3,8-10H,4-7H2. The number of sulfonamides is 1. The third kappa shape index (κ3) is 4.13. The SMILES string of the molecule is O=C(c1ccsc1)N1CCN(S(=O)(=O)c2ccc(Cl)c(C(F)(F)F)c2)CC1. The Kier molecular flexibility index (Phi) is 5.53. The number of hydrogen-bond donors (Lipinski definition) is 0. The summed E-state index contributed by atoms with van der Waals surface area (Å²) >= 11 is 6.93. The summed E-state index contributed by atoms with van der Waals surface area (Å²) in [6, 6.07) is 4.20. The minimum Gasteiger partial charge on any atom is -0.336 e. The number of piperazine rings is 1.